The van der Waals surface area contributed by atoms with Crippen LogP contribution in [0.4, 0.5) is 0 Å². The maximum Gasteiger partial charge on any atom is 0.219 e. The number of nitrogens with one attached hydrogen (secondary N) is 1. The normalized spacial score (nSPS) is 24.7. The Morgan fingerprint density at radius 3 is 3.10 bits per heavy atom. The quantitative estimate of drug-likeness (QED) is 0.573. The first kappa shape index (κ1) is 7.54. The Morgan fingerprint density at radius 2 is 2.60 bits per heavy atom. The van der Waals surface area contributed by atoms with Gasteiger partial charge >= 0.3 is 0 Å². The van der Waals surface area contributed by atoms with Gasteiger partial charge in [-0.1, -0.05) is 6.92 Å². The Labute approximate surface area is 61.2 Å². The third-order valence-corrected chi connectivity index (χ3v) is 1.67. The van der Waals surface area contributed by atoms with E-state index in [0.717, 1.165) is 19.5 Å². The van der Waals surface area contributed by atoms with E-state index < -0.39 is 0 Å². The molecule has 0 aliphatic carbocycles. The fourth-order valence-electron chi connectivity index (χ4n) is 1.03. The Balaban J connectivity index is 2.17. The number of amides is 1. The molecule has 1 aliphatic heterocycles. The molecule has 10 heavy (non-hydrogen) atoms. The van der Waals surface area contributed by atoms with Crippen LogP contribution < -0.4 is 10.6 Å². The SMILES string of the molecule is CCC(=O)NC1CC[N]C1. The zero-order chi connectivity index (χ0) is 7.40. The van der Waals surface area contributed by atoms with Crippen LogP contribution in [-0.4, -0.2) is 25.0 Å². The van der Waals surface area contributed by atoms with Gasteiger partial charge in [-0.3, -0.25) is 4.79 Å². The van der Waals surface area contributed by atoms with Crippen LogP contribution in [0.25, 0.3) is 0 Å². The highest BCUT2D eigenvalue weighted by molar-refractivity contribution is 5.75. The van der Waals surface area contributed by atoms with Crippen LogP contribution >= 0.6 is 0 Å². The number of nitrogens with zero attached hydrogens (tertiary/aromatic N) is 1. The van der Waals surface area contributed by atoms with E-state index in [9.17, 15) is 4.79 Å². The predicted octanol–water partition coefficient (Wildman–Crippen LogP) is -0.111. The molecule has 1 rings (SSSR count). The highest BCUT2D eigenvalue weighted by atomic mass is 16.1. The Kier molecular flexibility index (Phi) is 2.68. The van der Waals surface area contributed by atoms with E-state index in [1.807, 2.05) is 6.92 Å². The first-order valence-electron chi connectivity index (χ1n) is 3.75. The second-order valence-corrected chi connectivity index (χ2v) is 2.54. The Bertz CT molecular complexity index is 119. The summed E-state index contributed by atoms with van der Waals surface area (Å²) < 4.78 is 0. The van der Waals surface area contributed by atoms with Crippen LogP contribution in [0.2, 0.25) is 0 Å². The molecular formula is C7H13N2O. The molecule has 3 nitrogen and oxygen atoms in total. The molecule has 3 heteroatoms. The van der Waals surface area contributed by atoms with Gasteiger partial charge in [0.2, 0.25) is 5.91 Å². The van der Waals surface area contributed by atoms with Crippen LogP contribution in [-0.2, 0) is 4.79 Å². The van der Waals surface area contributed by atoms with Crippen LogP contribution in [0, 0.1) is 0 Å². The minimum Gasteiger partial charge on any atom is -0.352 e. The molecule has 1 unspecified atom stereocenters. The van der Waals surface area contributed by atoms with Crippen molar-refractivity contribution in [2.75, 3.05) is 13.1 Å². The first-order valence-corrected chi connectivity index (χ1v) is 3.75. The minimum absolute atomic E-state index is 0.141. The van der Waals surface area contributed by atoms with Crippen molar-refractivity contribution in [3.63, 3.8) is 0 Å². The number of hydrogen-bond acceptors (Lipinski definition) is 1. The van der Waals surface area contributed by atoms with E-state index in [2.05, 4.69) is 10.6 Å². The fourth-order valence-corrected chi connectivity index (χ4v) is 1.03. The molecular weight excluding hydrogens is 128 g/mol. The molecule has 1 radical (unpaired) electrons. The van der Waals surface area contributed by atoms with E-state index >= 15 is 0 Å². The second-order valence-electron chi connectivity index (χ2n) is 2.54. The Morgan fingerprint density at radius 1 is 1.80 bits per heavy atom. The molecule has 1 atom stereocenters. The van der Waals surface area contributed by atoms with Gasteiger partial charge in [0.15, 0.2) is 0 Å². The molecule has 0 spiro atoms. The van der Waals surface area contributed by atoms with Crippen molar-refractivity contribution < 1.29 is 4.79 Å². The van der Waals surface area contributed by atoms with Crippen LogP contribution in [0.3, 0.4) is 0 Å². The van der Waals surface area contributed by atoms with Crippen molar-refractivity contribution in [1.82, 2.24) is 10.6 Å². The average Bonchev–Trinajstić information content (AvgIpc) is 2.40. The lowest BCUT2D eigenvalue weighted by atomic mass is 10.2. The third-order valence-electron chi connectivity index (χ3n) is 1.67. The smallest absolute Gasteiger partial charge is 0.219 e. The summed E-state index contributed by atoms with van der Waals surface area (Å²) in [6.45, 7) is 3.59. The summed E-state index contributed by atoms with van der Waals surface area (Å²) in [4.78, 5) is 10.8. The first-order chi connectivity index (χ1) is 4.83. The zero-order valence-corrected chi connectivity index (χ0v) is 6.26. The van der Waals surface area contributed by atoms with Crippen molar-refractivity contribution in [2.45, 2.75) is 25.8 Å². The number of carbonyl (C=O) groups excluding carboxylic acids is 1. The van der Waals surface area contributed by atoms with Crippen molar-refractivity contribution >= 4 is 5.91 Å². The van der Waals surface area contributed by atoms with Gasteiger partial charge in [-0.2, -0.15) is 0 Å². The maximum absolute atomic E-state index is 10.8. The van der Waals surface area contributed by atoms with Gasteiger partial charge in [0, 0.05) is 25.6 Å². The van der Waals surface area contributed by atoms with Gasteiger partial charge < -0.3 is 5.32 Å². The van der Waals surface area contributed by atoms with Crippen LogP contribution in [0.1, 0.15) is 19.8 Å². The Hall–Kier alpha value is -0.570. The van der Waals surface area contributed by atoms with Gasteiger partial charge in [0.05, 0.1) is 0 Å². The van der Waals surface area contributed by atoms with Crippen molar-refractivity contribution in [1.29, 1.82) is 0 Å². The van der Waals surface area contributed by atoms with Gasteiger partial charge in [-0.05, 0) is 6.42 Å². The standard InChI is InChI=1S/C7H13N2O/c1-2-7(10)9-6-3-4-8-5-6/h6H,2-5H2,1H3,(H,9,10). The molecule has 1 aliphatic rings. The molecule has 1 N–H and O–H groups in total. The molecule has 0 saturated carbocycles. The average molecular weight is 141 g/mol. The van der Waals surface area contributed by atoms with E-state index in [1.54, 1.807) is 0 Å². The lowest BCUT2D eigenvalue weighted by Crippen LogP contribution is -2.34. The molecule has 0 aromatic carbocycles. The van der Waals surface area contributed by atoms with Crippen LogP contribution in [0.15, 0.2) is 0 Å². The van der Waals surface area contributed by atoms with Crippen molar-refractivity contribution in [2.24, 2.45) is 0 Å². The zero-order valence-electron chi connectivity index (χ0n) is 6.26. The summed E-state index contributed by atoms with van der Waals surface area (Å²) in [6.07, 6.45) is 1.60. The topological polar surface area (TPSA) is 43.2 Å². The highest BCUT2D eigenvalue weighted by Crippen LogP contribution is 1.98. The van der Waals surface area contributed by atoms with Gasteiger partial charge in [-0.15, -0.1) is 0 Å². The van der Waals surface area contributed by atoms with Gasteiger partial charge in [-0.25, -0.2) is 5.32 Å². The van der Waals surface area contributed by atoms with Gasteiger partial charge in [0.25, 0.3) is 0 Å². The summed E-state index contributed by atoms with van der Waals surface area (Å²) in [7, 11) is 0. The number of rotatable bonds is 2. The van der Waals surface area contributed by atoms with E-state index in [1.165, 1.54) is 0 Å². The summed E-state index contributed by atoms with van der Waals surface area (Å²) >= 11 is 0. The van der Waals surface area contributed by atoms with E-state index in [-0.39, 0.29) is 5.91 Å². The monoisotopic (exact) mass is 141 g/mol. The lowest BCUT2D eigenvalue weighted by Gasteiger charge is -2.08. The fraction of sp³-hybridized carbons (Fsp3) is 0.857. The minimum atomic E-state index is 0.141. The molecule has 0 aromatic heterocycles. The largest absolute Gasteiger partial charge is 0.352 e. The van der Waals surface area contributed by atoms with Gasteiger partial charge in [0.1, 0.15) is 0 Å². The van der Waals surface area contributed by atoms with Crippen LogP contribution in [0.5, 0.6) is 0 Å². The maximum atomic E-state index is 10.8. The summed E-state index contributed by atoms with van der Waals surface area (Å²) in [5.74, 6) is 0.141. The summed E-state index contributed by atoms with van der Waals surface area (Å²) in [5.41, 5.74) is 0. The van der Waals surface area contributed by atoms with E-state index in [0.29, 0.717) is 12.5 Å². The second kappa shape index (κ2) is 3.56. The molecule has 0 bridgehead atoms. The highest BCUT2D eigenvalue weighted by Gasteiger charge is 2.15. The third kappa shape index (κ3) is 1.99. The molecule has 1 amide bonds. The summed E-state index contributed by atoms with van der Waals surface area (Å²) in [6, 6.07) is 0.326. The molecule has 1 fully saturated rings. The predicted molar refractivity (Wildman–Crippen MR) is 38.7 cm³/mol. The number of carbonyl (C=O) groups is 1. The van der Waals surface area contributed by atoms with E-state index in [4.69, 9.17) is 0 Å². The molecule has 57 valence electrons. The summed E-state index contributed by atoms with van der Waals surface area (Å²) in [5, 5.41) is 7.03. The lowest BCUT2D eigenvalue weighted by molar-refractivity contribution is -0.121. The van der Waals surface area contributed by atoms with Crippen molar-refractivity contribution in [3.8, 4) is 0 Å². The molecule has 1 saturated heterocycles. The molecule has 1 heterocycles. The van der Waals surface area contributed by atoms with Crippen molar-refractivity contribution in [3.05, 3.63) is 0 Å². The molecule has 0 aromatic rings. The number of hydrogen-bond donors (Lipinski definition) is 1.